The van der Waals surface area contributed by atoms with Crippen LogP contribution in [0.4, 0.5) is 16.2 Å². The summed E-state index contributed by atoms with van der Waals surface area (Å²) in [5, 5.41) is 32.0. The molecule has 1 aromatic heterocycles. The summed E-state index contributed by atoms with van der Waals surface area (Å²) >= 11 is 7.77. The Labute approximate surface area is 251 Å². The Bertz CT molecular complexity index is 1750. The van der Waals surface area contributed by atoms with Crippen LogP contribution < -0.4 is 5.32 Å². The van der Waals surface area contributed by atoms with Crippen LogP contribution in [0.1, 0.15) is 21.5 Å². The number of carbonyl (C=O) groups excluding carboxylic acids is 1. The van der Waals surface area contributed by atoms with Gasteiger partial charge in [-0.25, -0.2) is 9.59 Å². The van der Waals surface area contributed by atoms with Gasteiger partial charge in [-0.1, -0.05) is 71.3 Å². The number of thioether (sulfide) groups is 1. The lowest BCUT2D eigenvalue weighted by atomic mass is 10.1. The van der Waals surface area contributed by atoms with Crippen LogP contribution in [0.5, 0.6) is 5.88 Å². The number of aryl methyl sites for hydroxylation is 3. The van der Waals surface area contributed by atoms with E-state index in [0.29, 0.717) is 29.1 Å². The first-order chi connectivity index (χ1) is 20.4. The molecule has 0 aliphatic carbocycles. The van der Waals surface area contributed by atoms with Crippen molar-refractivity contribution in [3.63, 3.8) is 0 Å². The first-order valence-corrected chi connectivity index (χ1v) is 14.6. The van der Waals surface area contributed by atoms with Crippen molar-refractivity contribution in [3.05, 3.63) is 119 Å². The van der Waals surface area contributed by atoms with Crippen LogP contribution in [-0.4, -0.2) is 32.5 Å². The number of carboxylic acid groups (broad SMARTS) is 1. The Morgan fingerprint density at radius 2 is 1.60 bits per heavy atom. The van der Waals surface area contributed by atoms with Crippen LogP contribution in [0.15, 0.2) is 112 Å². The molecule has 42 heavy (non-hydrogen) atoms. The average molecular weight is 599 g/mol. The van der Waals surface area contributed by atoms with Gasteiger partial charge >= 0.3 is 12.0 Å². The number of azo groups is 1. The second-order valence-electron chi connectivity index (χ2n) is 9.45. The van der Waals surface area contributed by atoms with Crippen molar-refractivity contribution in [2.24, 2.45) is 10.2 Å². The van der Waals surface area contributed by atoms with E-state index >= 15 is 0 Å². The lowest BCUT2D eigenvalue weighted by Gasteiger charge is -2.08. The van der Waals surface area contributed by atoms with E-state index in [9.17, 15) is 14.7 Å². The predicted octanol–water partition coefficient (Wildman–Crippen LogP) is 8.59. The summed E-state index contributed by atoms with van der Waals surface area (Å²) in [5.41, 5.74) is 3.82. The highest BCUT2D eigenvalue weighted by molar-refractivity contribution is 7.99. The van der Waals surface area contributed by atoms with Gasteiger partial charge in [0.15, 0.2) is 5.69 Å². The molecular weight excluding hydrogens is 572 g/mol. The first-order valence-electron chi connectivity index (χ1n) is 13.2. The Morgan fingerprint density at radius 3 is 2.33 bits per heavy atom. The van der Waals surface area contributed by atoms with Crippen molar-refractivity contribution in [2.45, 2.75) is 24.3 Å². The molecule has 0 spiro atoms. The molecule has 0 radical (unpaired) electrons. The number of carbonyl (C=O) groups is 2. The lowest BCUT2D eigenvalue weighted by Crippen LogP contribution is -2.05. The molecule has 0 aliphatic heterocycles. The third-order valence-corrected chi connectivity index (χ3v) is 7.99. The standard InChI is InChI=1S/C32H27ClN4O4S/c33-26-8-4-5-9-27(26)34-32(41)36-35-29-25-20-24(42-19-17-22-10-12-23(13-11-22)31(39)40)14-15-28(25)37(30(29)38)18-16-21-6-2-1-3-7-21/h1-15,20,38H,16-19H2,(H,34,41)(H,39,40). The Morgan fingerprint density at radius 1 is 0.881 bits per heavy atom. The second-order valence-corrected chi connectivity index (χ2v) is 11.0. The molecule has 5 rings (SSSR count). The topological polar surface area (TPSA) is 116 Å². The van der Waals surface area contributed by atoms with E-state index < -0.39 is 12.0 Å². The number of halogens is 1. The summed E-state index contributed by atoms with van der Waals surface area (Å²) in [6, 6.07) is 28.8. The molecule has 0 atom stereocenters. The van der Waals surface area contributed by atoms with E-state index in [2.05, 4.69) is 15.5 Å². The fraction of sp³-hybridized carbons (Fsp3) is 0.125. The molecule has 212 valence electrons. The molecular formula is C32H27ClN4O4S. The summed E-state index contributed by atoms with van der Waals surface area (Å²) in [6.45, 7) is 0.506. The molecule has 5 aromatic rings. The summed E-state index contributed by atoms with van der Waals surface area (Å²) in [5.74, 6) is -0.260. The maximum Gasteiger partial charge on any atom is 0.364 e. The lowest BCUT2D eigenvalue weighted by molar-refractivity contribution is 0.0697. The number of hydrogen-bond donors (Lipinski definition) is 3. The minimum absolute atomic E-state index is 0.0732. The summed E-state index contributed by atoms with van der Waals surface area (Å²) in [4.78, 5) is 24.6. The number of para-hydroxylation sites is 1. The number of fused-ring (bicyclic) bond motifs is 1. The monoisotopic (exact) mass is 598 g/mol. The third-order valence-electron chi connectivity index (χ3n) is 6.66. The summed E-state index contributed by atoms with van der Waals surface area (Å²) in [7, 11) is 0. The van der Waals surface area contributed by atoms with Crippen LogP contribution in [0.25, 0.3) is 10.9 Å². The number of aromatic nitrogens is 1. The number of hydrogen-bond acceptors (Lipinski definition) is 5. The Balaban J connectivity index is 1.38. The van der Waals surface area contributed by atoms with Crippen molar-refractivity contribution in [2.75, 3.05) is 11.1 Å². The highest BCUT2D eigenvalue weighted by atomic mass is 35.5. The zero-order chi connectivity index (χ0) is 29.5. The number of aromatic carboxylic acids is 1. The molecule has 3 N–H and O–H groups in total. The Kier molecular flexibility index (Phi) is 9.21. The summed E-state index contributed by atoms with van der Waals surface area (Å²) < 4.78 is 1.78. The van der Waals surface area contributed by atoms with Crippen LogP contribution in [-0.2, 0) is 19.4 Å². The van der Waals surface area contributed by atoms with Crippen LogP contribution >= 0.6 is 23.4 Å². The van der Waals surface area contributed by atoms with Crippen LogP contribution in [0.3, 0.4) is 0 Å². The van der Waals surface area contributed by atoms with Gasteiger partial charge in [0.25, 0.3) is 0 Å². The molecule has 1 heterocycles. The third kappa shape index (κ3) is 6.99. The minimum Gasteiger partial charge on any atom is -0.493 e. The number of urea groups is 1. The highest BCUT2D eigenvalue weighted by Gasteiger charge is 2.18. The van der Waals surface area contributed by atoms with E-state index in [1.165, 1.54) is 0 Å². The molecule has 0 saturated carbocycles. The van der Waals surface area contributed by atoms with Gasteiger partial charge in [-0.3, -0.25) is 0 Å². The van der Waals surface area contributed by atoms with Gasteiger partial charge in [0.1, 0.15) is 0 Å². The SMILES string of the molecule is O=C(N=Nc1c(O)n(CCc2ccccc2)c2ccc(SCCc3ccc(C(=O)O)cc3)cc12)Nc1ccccc1Cl. The first kappa shape index (κ1) is 28.9. The van der Waals surface area contributed by atoms with Gasteiger partial charge in [-0.15, -0.1) is 16.9 Å². The van der Waals surface area contributed by atoms with Crippen LogP contribution in [0, 0.1) is 0 Å². The van der Waals surface area contributed by atoms with E-state index in [4.69, 9.17) is 16.7 Å². The van der Waals surface area contributed by atoms with E-state index in [1.807, 2.05) is 60.7 Å². The van der Waals surface area contributed by atoms with Crippen molar-refractivity contribution in [1.29, 1.82) is 0 Å². The zero-order valence-electron chi connectivity index (χ0n) is 22.4. The number of nitrogens with zero attached hydrogens (tertiary/aromatic N) is 3. The predicted molar refractivity (Wildman–Crippen MR) is 167 cm³/mol. The fourth-order valence-electron chi connectivity index (χ4n) is 4.50. The molecule has 0 aliphatic rings. The molecule has 10 heteroatoms. The number of amides is 2. The second kappa shape index (κ2) is 13.4. The van der Waals surface area contributed by atoms with E-state index in [1.54, 1.807) is 52.7 Å². The molecule has 0 bridgehead atoms. The number of nitrogens with one attached hydrogen (secondary N) is 1. The van der Waals surface area contributed by atoms with Gasteiger partial charge in [0.2, 0.25) is 5.88 Å². The average Bonchev–Trinajstić information content (AvgIpc) is 3.26. The van der Waals surface area contributed by atoms with Gasteiger partial charge < -0.3 is 20.1 Å². The Hall–Kier alpha value is -4.60. The van der Waals surface area contributed by atoms with Crippen molar-refractivity contribution in [1.82, 2.24) is 4.57 Å². The number of benzene rings is 4. The smallest absolute Gasteiger partial charge is 0.364 e. The zero-order valence-corrected chi connectivity index (χ0v) is 24.0. The number of aromatic hydroxyl groups is 1. The van der Waals surface area contributed by atoms with E-state index in [-0.39, 0.29) is 17.1 Å². The molecule has 0 unspecified atom stereocenters. The fourth-order valence-corrected chi connectivity index (χ4v) is 5.62. The van der Waals surface area contributed by atoms with Crippen molar-refractivity contribution < 1.29 is 19.8 Å². The molecule has 2 amide bonds. The van der Waals surface area contributed by atoms with E-state index in [0.717, 1.165) is 33.7 Å². The van der Waals surface area contributed by atoms with Crippen LogP contribution in [0.2, 0.25) is 5.02 Å². The molecule has 0 fully saturated rings. The quantitative estimate of drug-likeness (QED) is 0.110. The number of anilines is 1. The van der Waals surface area contributed by atoms with Gasteiger partial charge in [0, 0.05) is 22.6 Å². The molecule has 8 nitrogen and oxygen atoms in total. The normalized spacial score (nSPS) is 11.3. The molecule has 0 saturated heterocycles. The number of carboxylic acids is 1. The van der Waals surface area contributed by atoms with Gasteiger partial charge in [-0.05, 0) is 66.4 Å². The highest BCUT2D eigenvalue weighted by Crippen LogP contribution is 2.41. The van der Waals surface area contributed by atoms with Gasteiger partial charge in [0.05, 0.1) is 21.8 Å². The van der Waals surface area contributed by atoms with Crippen molar-refractivity contribution >= 4 is 57.6 Å². The summed E-state index contributed by atoms with van der Waals surface area (Å²) in [6.07, 6.45) is 1.44. The van der Waals surface area contributed by atoms with Crippen molar-refractivity contribution in [3.8, 4) is 5.88 Å². The maximum absolute atomic E-state index is 12.5. The minimum atomic E-state index is -0.947. The maximum atomic E-state index is 12.5. The molecule has 4 aromatic carbocycles. The largest absolute Gasteiger partial charge is 0.493 e. The van der Waals surface area contributed by atoms with Gasteiger partial charge in [-0.2, -0.15) is 0 Å². The number of rotatable bonds is 10.